The Kier molecular flexibility index (Phi) is 7.31. The lowest BCUT2D eigenvalue weighted by Crippen LogP contribution is -2.21. The maximum Gasteiger partial charge on any atom is 0.273 e. The second kappa shape index (κ2) is 8.48. The number of hydrogen-bond donors (Lipinski definition) is 1. The number of rotatable bonds is 10. The van der Waals surface area contributed by atoms with Crippen LogP contribution in [0.15, 0.2) is 5.16 Å². The first-order chi connectivity index (χ1) is 9.86. The van der Waals surface area contributed by atoms with Gasteiger partial charge in [-0.05, 0) is 12.3 Å². The van der Waals surface area contributed by atoms with Crippen LogP contribution in [0.4, 0.5) is 0 Å². The Morgan fingerprint density at radius 2 is 1.71 bits per heavy atom. The van der Waals surface area contributed by atoms with Crippen LogP contribution in [0, 0.1) is 5.92 Å². The minimum Gasteiger partial charge on any atom is -0.300 e. The molecule has 1 rings (SSSR count). The van der Waals surface area contributed by atoms with Gasteiger partial charge in [0.25, 0.3) is 15.2 Å². The molecule has 21 heavy (non-hydrogen) atoms. The molecule has 6 nitrogen and oxygen atoms in total. The Hall–Kier alpha value is -0.950. The summed E-state index contributed by atoms with van der Waals surface area (Å²) < 4.78 is 24.8. The lowest BCUT2D eigenvalue weighted by Gasteiger charge is -2.11. The fraction of sp³-hybridized carbons (Fsp3) is 0.857. The van der Waals surface area contributed by atoms with Crippen molar-refractivity contribution in [2.45, 2.75) is 77.4 Å². The summed E-state index contributed by atoms with van der Waals surface area (Å²) in [7, 11) is -3.81. The van der Waals surface area contributed by atoms with Crippen LogP contribution < -0.4 is 5.14 Å². The van der Waals surface area contributed by atoms with E-state index in [0.29, 0.717) is 12.5 Å². The zero-order chi connectivity index (χ0) is 15.9. The van der Waals surface area contributed by atoms with Crippen LogP contribution in [0.5, 0.6) is 0 Å². The van der Waals surface area contributed by atoms with Crippen molar-refractivity contribution in [3.63, 3.8) is 0 Å². The first-order valence-corrected chi connectivity index (χ1v) is 9.35. The molecule has 122 valence electrons. The van der Waals surface area contributed by atoms with Crippen molar-refractivity contribution in [1.29, 1.82) is 0 Å². The number of aryl methyl sites for hydroxylation is 1. The van der Waals surface area contributed by atoms with Crippen LogP contribution in [0.25, 0.3) is 0 Å². The molecule has 0 aliphatic rings. The second-order valence-electron chi connectivity index (χ2n) is 5.97. The molecule has 0 radical (unpaired) electrons. The quantitative estimate of drug-likeness (QED) is 0.671. The van der Waals surface area contributed by atoms with Gasteiger partial charge < -0.3 is 4.57 Å². The number of sulfonamides is 1. The minimum absolute atomic E-state index is 0.114. The predicted octanol–water partition coefficient (Wildman–Crippen LogP) is 2.48. The van der Waals surface area contributed by atoms with Gasteiger partial charge in [-0.25, -0.2) is 13.6 Å². The number of hydrogen-bond acceptors (Lipinski definition) is 4. The first kappa shape index (κ1) is 18.1. The topological polar surface area (TPSA) is 90.9 Å². The molecule has 0 saturated carbocycles. The third-order valence-corrected chi connectivity index (χ3v) is 4.16. The molecule has 1 heterocycles. The van der Waals surface area contributed by atoms with Gasteiger partial charge in [0, 0.05) is 13.0 Å². The zero-order valence-electron chi connectivity index (χ0n) is 13.4. The first-order valence-electron chi connectivity index (χ1n) is 7.81. The van der Waals surface area contributed by atoms with Crippen LogP contribution in [0.2, 0.25) is 0 Å². The lowest BCUT2D eigenvalue weighted by molar-refractivity contribution is 0.465. The van der Waals surface area contributed by atoms with Gasteiger partial charge >= 0.3 is 0 Å². The van der Waals surface area contributed by atoms with Gasteiger partial charge in [-0.2, -0.15) is 0 Å². The fourth-order valence-corrected chi connectivity index (χ4v) is 2.97. The largest absolute Gasteiger partial charge is 0.300 e. The van der Waals surface area contributed by atoms with Crippen molar-refractivity contribution >= 4 is 10.0 Å². The van der Waals surface area contributed by atoms with Crippen LogP contribution in [-0.4, -0.2) is 23.2 Å². The highest BCUT2D eigenvalue weighted by atomic mass is 32.2. The third-order valence-electron chi connectivity index (χ3n) is 3.35. The fourth-order valence-electron chi connectivity index (χ4n) is 2.33. The van der Waals surface area contributed by atoms with Gasteiger partial charge in [0.15, 0.2) is 0 Å². The molecule has 7 heteroatoms. The number of nitrogens with two attached hydrogens (primary N) is 1. The van der Waals surface area contributed by atoms with E-state index in [0.717, 1.165) is 25.1 Å². The normalized spacial score (nSPS) is 12.2. The number of unbranched alkanes of at least 4 members (excludes halogenated alkanes) is 5. The molecule has 0 spiro atoms. The molecule has 1 aromatic rings. The van der Waals surface area contributed by atoms with E-state index in [-0.39, 0.29) is 5.16 Å². The molecule has 0 fully saturated rings. The number of nitrogens with zero attached hydrogens (tertiary/aromatic N) is 3. The monoisotopic (exact) mass is 316 g/mol. The van der Waals surface area contributed by atoms with Gasteiger partial charge in [0.05, 0.1) is 0 Å². The lowest BCUT2D eigenvalue weighted by atomic mass is 10.1. The van der Waals surface area contributed by atoms with Crippen molar-refractivity contribution in [2.24, 2.45) is 11.1 Å². The Bertz CT molecular complexity index is 523. The summed E-state index contributed by atoms with van der Waals surface area (Å²) in [4.78, 5) is 0. The van der Waals surface area contributed by atoms with E-state index in [1.807, 2.05) is 13.8 Å². The average Bonchev–Trinajstić information content (AvgIpc) is 2.76. The Labute approximate surface area is 128 Å². The molecule has 1 aromatic heterocycles. The molecule has 0 aliphatic carbocycles. The van der Waals surface area contributed by atoms with Crippen molar-refractivity contribution < 1.29 is 8.42 Å². The van der Waals surface area contributed by atoms with Gasteiger partial charge in [-0.1, -0.05) is 52.9 Å². The molecule has 0 saturated heterocycles. The minimum atomic E-state index is -3.81. The van der Waals surface area contributed by atoms with Gasteiger partial charge in [0.2, 0.25) is 0 Å². The Morgan fingerprint density at radius 3 is 2.29 bits per heavy atom. The van der Waals surface area contributed by atoms with E-state index in [4.69, 9.17) is 5.14 Å². The molecule has 0 atom stereocenters. The molecule has 0 amide bonds. The molecule has 2 N–H and O–H groups in total. The summed E-state index contributed by atoms with van der Waals surface area (Å²) in [5, 5.41) is 12.9. The number of aromatic nitrogens is 3. The summed E-state index contributed by atoms with van der Waals surface area (Å²) in [5.41, 5.74) is 0. The summed E-state index contributed by atoms with van der Waals surface area (Å²) >= 11 is 0. The number of primary sulfonamides is 1. The Balaban J connectivity index is 2.67. The van der Waals surface area contributed by atoms with Crippen LogP contribution >= 0.6 is 0 Å². The predicted molar refractivity (Wildman–Crippen MR) is 83.3 cm³/mol. The SMILES string of the molecule is CCCCCCCCc1nnc(S(N)(=O)=O)n1CC(C)C. The standard InChI is InChI=1S/C14H28N4O2S/c1-4-5-6-7-8-9-10-13-16-17-14(21(15,19)20)18(13)11-12(2)3/h12H,4-11H2,1-3H3,(H2,15,19,20). The van der Waals surface area contributed by atoms with Gasteiger partial charge in [0.1, 0.15) is 5.82 Å². The highest BCUT2D eigenvalue weighted by Crippen LogP contribution is 2.14. The third kappa shape index (κ3) is 6.13. The van der Waals surface area contributed by atoms with Crippen molar-refractivity contribution in [3.8, 4) is 0 Å². The smallest absolute Gasteiger partial charge is 0.273 e. The summed E-state index contributed by atoms with van der Waals surface area (Å²) in [6.07, 6.45) is 7.89. The van der Waals surface area contributed by atoms with Crippen LogP contribution in [-0.2, 0) is 23.0 Å². The molecule has 0 aliphatic heterocycles. The van der Waals surface area contributed by atoms with Crippen LogP contribution in [0.1, 0.15) is 65.1 Å². The zero-order valence-corrected chi connectivity index (χ0v) is 14.2. The highest BCUT2D eigenvalue weighted by Gasteiger charge is 2.21. The summed E-state index contributed by atoms with van der Waals surface area (Å²) in [6.45, 7) is 6.83. The molecule has 0 aromatic carbocycles. The maximum absolute atomic E-state index is 11.6. The average molecular weight is 316 g/mol. The van der Waals surface area contributed by atoms with E-state index in [9.17, 15) is 8.42 Å². The van der Waals surface area contributed by atoms with E-state index in [1.54, 1.807) is 4.57 Å². The Morgan fingerprint density at radius 1 is 1.10 bits per heavy atom. The van der Waals surface area contributed by atoms with E-state index in [1.165, 1.54) is 25.7 Å². The van der Waals surface area contributed by atoms with E-state index in [2.05, 4.69) is 17.1 Å². The second-order valence-corrected chi connectivity index (χ2v) is 7.42. The highest BCUT2D eigenvalue weighted by molar-refractivity contribution is 7.89. The van der Waals surface area contributed by atoms with Crippen LogP contribution in [0.3, 0.4) is 0 Å². The van der Waals surface area contributed by atoms with Crippen molar-refractivity contribution in [2.75, 3.05) is 0 Å². The maximum atomic E-state index is 11.6. The van der Waals surface area contributed by atoms with Gasteiger partial charge in [-0.15, -0.1) is 10.2 Å². The molecule has 0 unspecified atom stereocenters. The van der Waals surface area contributed by atoms with E-state index < -0.39 is 10.0 Å². The van der Waals surface area contributed by atoms with Crippen molar-refractivity contribution in [1.82, 2.24) is 14.8 Å². The molecule has 0 bridgehead atoms. The van der Waals surface area contributed by atoms with E-state index >= 15 is 0 Å². The summed E-state index contributed by atoms with van der Waals surface area (Å²) in [5.74, 6) is 1.04. The van der Waals surface area contributed by atoms with Gasteiger partial charge in [-0.3, -0.25) is 0 Å². The van der Waals surface area contributed by atoms with Crippen molar-refractivity contribution in [3.05, 3.63) is 5.82 Å². The molecular weight excluding hydrogens is 288 g/mol. The summed E-state index contributed by atoms with van der Waals surface area (Å²) in [6, 6.07) is 0. The molecular formula is C14H28N4O2S.